The Kier molecular flexibility index (Phi) is 5.08. The molecule has 0 aliphatic rings. The van der Waals surface area contributed by atoms with Gasteiger partial charge in [-0.2, -0.15) is 5.10 Å². The van der Waals surface area contributed by atoms with Gasteiger partial charge in [0.15, 0.2) is 0 Å². The Hall–Kier alpha value is -1.73. The molecule has 0 unspecified atom stereocenters. The van der Waals surface area contributed by atoms with E-state index >= 15 is 0 Å². The monoisotopic (exact) mass is 307 g/mol. The summed E-state index contributed by atoms with van der Waals surface area (Å²) in [5.41, 5.74) is 1.40. The molecule has 0 aromatic carbocycles. The number of likely N-dealkylation sites (N-methyl/N-ethyl adjacent to an activating group) is 1. The third kappa shape index (κ3) is 4.12. The first-order chi connectivity index (χ1) is 9.97. The van der Waals surface area contributed by atoms with Crippen molar-refractivity contribution >= 4 is 17.2 Å². The number of aryl methyl sites for hydroxylation is 1. The third-order valence-corrected chi connectivity index (χ3v) is 4.21. The number of nitrogens with one attached hydrogen (secondary N) is 1. The Balaban J connectivity index is 1.90. The van der Waals surface area contributed by atoms with Crippen molar-refractivity contribution in [2.75, 3.05) is 20.1 Å². The number of carbonyl (C=O) groups excluding carboxylic acids is 1. The number of aromatic nitrogens is 3. The second-order valence-electron chi connectivity index (χ2n) is 5.27. The lowest BCUT2D eigenvalue weighted by molar-refractivity contribution is 0.0944. The van der Waals surface area contributed by atoms with E-state index < -0.39 is 0 Å². The van der Waals surface area contributed by atoms with Crippen LogP contribution in [0.3, 0.4) is 0 Å². The van der Waals surface area contributed by atoms with Crippen molar-refractivity contribution in [3.8, 4) is 10.6 Å². The van der Waals surface area contributed by atoms with Crippen molar-refractivity contribution in [3.63, 3.8) is 0 Å². The summed E-state index contributed by atoms with van der Waals surface area (Å²) in [6, 6.07) is 0.471. The quantitative estimate of drug-likeness (QED) is 0.881. The smallest absolute Gasteiger partial charge is 0.270 e. The minimum absolute atomic E-state index is 0.126. The zero-order chi connectivity index (χ0) is 15.4. The van der Waals surface area contributed by atoms with E-state index in [-0.39, 0.29) is 5.91 Å². The van der Waals surface area contributed by atoms with Crippen LogP contribution in [0, 0.1) is 0 Å². The van der Waals surface area contributed by atoms with Gasteiger partial charge < -0.3 is 10.2 Å². The Labute approximate surface area is 128 Å². The second kappa shape index (κ2) is 6.82. The molecular weight excluding hydrogens is 286 g/mol. The Morgan fingerprint density at radius 2 is 2.29 bits per heavy atom. The fourth-order valence-corrected chi connectivity index (χ4v) is 2.51. The largest absolute Gasteiger partial charge is 0.349 e. The Morgan fingerprint density at radius 3 is 2.90 bits per heavy atom. The molecule has 0 bridgehead atoms. The van der Waals surface area contributed by atoms with Gasteiger partial charge in [-0.3, -0.25) is 9.48 Å². The fraction of sp³-hybridized carbons (Fsp3) is 0.500. The molecule has 0 aliphatic heterocycles. The van der Waals surface area contributed by atoms with E-state index in [0.29, 0.717) is 18.3 Å². The molecule has 2 aromatic heterocycles. The molecule has 0 atom stereocenters. The van der Waals surface area contributed by atoms with E-state index in [0.717, 1.165) is 17.1 Å². The summed E-state index contributed by atoms with van der Waals surface area (Å²) in [7, 11) is 3.90. The molecule has 0 aliphatic carbocycles. The highest BCUT2D eigenvalue weighted by Crippen LogP contribution is 2.22. The summed E-state index contributed by atoms with van der Waals surface area (Å²) < 4.78 is 1.72. The van der Waals surface area contributed by atoms with Crippen molar-refractivity contribution < 1.29 is 4.79 Å². The van der Waals surface area contributed by atoms with Crippen LogP contribution in [0.15, 0.2) is 17.8 Å². The zero-order valence-electron chi connectivity index (χ0n) is 12.8. The fourth-order valence-electron chi connectivity index (χ4n) is 1.74. The van der Waals surface area contributed by atoms with Crippen LogP contribution in [-0.2, 0) is 7.05 Å². The number of carbonyl (C=O) groups is 1. The number of hydrogen-bond donors (Lipinski definition) is 1. The van der Waals surface area contributed by atoms with E-state index in [1.54, 1.807) is 16.3 Å². The summed E-state index contributed by atoms with van der Waals surface area (Å²) in [4.78, 5) is 18.6. The van der Waals surface area contributed by atoms with Gasteiger partial charge in [0.25, 0.3) is 5.91 Å². The maximum atomic E-state index is 12.0. The number of hydrogen-bond acceptors (Lipinski definition) is 5. The van der Waals surface area contributed by atoms with E-state index in [1.807, 2.05) is 20.3 Å². The lowest BCUT2D eigenvalue weighted by atomic mass is 10.3. The van der Waals surface area contributed by atoms with Gasteiger partial charge in [0.1, 0.15) is 10.7 Å². The number of nitrogens with zero attached hydrogens (tertiary/aromatic N) is 4. The summed E-state index contributed by atoms with van der Waals surface area (Å²) in [5.74, 6) is -0.126. The van der Waals surface area contributed by atoms with Gasteiger partial charge >= 0.3 is 0 Å². The Morgan fingerprint density at radius 1 is 1.52 bits per heavy atom. The average molecular weight is 307 g/mol. The minimum Gasteiger partial charge on any atom is -0.349 e. The number of rotatable bonds is 6. The first-order valence-electron chi connectivity index (χ1n) is 6.90. The molecule has 0 spiro atoms. The molecule has 0 radical (unpaired) electrons. The standard InChI is InChI=1S/C14H21N5OS/c1-10(2)18(3)6-5-15-13(20)12-9-21-14(17-12)11-7-16-19(4)8-11/h7-10H,5-6H2,1-4H3,(H,15,20). The van der Waals surface area contributed by atoms with Gasteiger partial charge in [0.2, 0.25) is 0 Å². The summed E-state index contributed by atoms with van der Waals surface area (Å²) in [5, 5.41) is 9.60. The van der Waals surface area contributed by atoms with Gasteiger partial charge in [-0.15, -0.1) is 11.3 Å². The summed E-state index contributed by atoms with van der Waals surface area (Å²) in [6.07, 6.45) is 3.64. The van der Waals surface area contributed by atoms with Crippen LogP contribution in [0.1, 0.15) is 24.3 Å². The van der Waals surface area contributed by atoms with Crippen LogP contribution in [0.4, 0.5) is 0 Å². The molecular formula is C14H21N5OS. The number of thiazole rings is 1. The second-order valence-corrected chi connectivity index (χ2v) is 6.13. The van der Waals surface area contributed by atoms with Crippen LogP contribution in [0.2, 0.25) is 0 Å². The van der Waals surface area contributed by atoms with Crippen molar-refractivity contribution in [1.29, 1.82) is 0 Å². The maximum Gasteiger partial charge on any atom is 0.270 e. The topological polar surface area (TPSA) is 63.1 Å². The van der Waals surface area contributed by atoms with E-state index in [4.69, 9.17) is 0 Å². The highest BCUT2D eigenvalue weighted by molar-refractivity contribution is 7.13. The molecule has 114 valence electrons. The highest BCUT2D eigenvalue weighted by atomic mass is 32.1. The molecule has 7 heteroatoms. The van der Waals surface area contributed by atoms with Crippen LogP contribution in [-0.4, -0.2) is 51.8 Å². The zero-order valence-corrected chi connectivity index (χ0v) is 13.6. The van der Waals surface area contributed by atoms with Crippen molar-refractivity contribution in [2.24, 2.45) is 7.05 Å². The molecule has 2 rings (SSSR count). The van der Waals surface area contributed by atoms with Crippen molar-refractivity contribution in [3.05, 3.63) is 23.5 Å². The lowest BCUT2D eigenvalue weighted by Gasteiger charge is -2.20. The minimum atomic E-state index is -0.126. The Bertz CT molecular complexity index is 604. The molecule has 2 aromatic rings. The predicted molar refractivity (Wildman–Crippen MR) is 84.4 cm³/mol. The van der Waals surface area contributed by atoms with Crippen LogP contribution in [0.5, 0.6) is 0 Å². The average Bonchev–Trinajstić information content (AvgIpc) is 3.06. The highest BCUT2D eigenvalue weighted by Gasteiger charge is 2.12. The van der Waals surface area contributed by atoms with Crippen molar-refractivity contribution in [2.45, 2.75) is 19.9 Å². The van der Waals surface area contributed by atoms with Crippen LogP contribution >= 0.6 is 11.3 Å². The maximum absolute atomic E-state index is 12.0. The normalized spacial score (nSPS) is 11.3. The number of amides is 1. The lowest BCUT2D eigenvalue weighted by Crippen LogP contribution is -2.36. The van der Waals surface area contributed by atoms with Gasteiger partial charge in [-0.05, 0) is 20.9 Å². The molecule has 0 saturated heterocycles. The van der Waals surface area contributed by atoms with Gasteiger partial charge in [0.05, 0.1) is 6.20 Å². The van der Waals surface area contributed by atoms with Gasteiger partial charge in [0, 0.05) is 43.3 Å². The summed E-state index contributed by atoms with van der Waals surface area (Å²) in [6.45, 7) is 5.70. The van der Waals surface area contributed by atoms with Crippen LogP contribution in [0.25, 0.3) is 10.6 Å². The summed E-state index contributed by atoms with van der Waals surface area (Å²) >= 11 is 1.45. The predicted octanol–water partition coefficient (Wildman–Crippen LogP) is 1.61. The molecule has 1 N–H and O–H groups in total. The molecule has 0 fully saturated rings. The molecule has 0 saturated carbocycles. The van der Waals surface area contributed by atoms with E-state index in [9.17, 15) is 4.79 Å². The SMILES string of the molecule is CC(C)N(C)CCNC(=O)c1csc(-c2cnn(C)c2)n1. The first-order valence-corrected chi connectivity index (χ1v) is 7.78. The van der Waals surface area contributed by atoms with Crippen molar-refractivity contribution in [1.82, 2.24) is 25.0 Å². The molecule has 2 heterocycles. The first kappa shape index (κ1) is 15.7. The van der Waals surface area contributed by atoms with Gasteiger partial charge in [-0.25, -0.2) is 4.98 Å². The molecule has 6 nitrogen and oxygen atoms in total. The van der Waals surface area contributed by atoms with Crippen LogP contribution < -0.4 is 5.32 Å². The van der Waals surface area contributed by atoms with Gasteiger partial charge in [-0.1, -0.05) is 0 Å². The van der Waals surface area contributed by atoms with E-state index in [1.165, 1.54) is 11.3 Å². The van der Waals surface area contributed by atoms with E-state index in [2.05, 4.69) is 34.1 Å². The molecule has 1 amide bonds. The molecule has 21 heavy (non-hydrogen) atoms. The third-order valence-electron chi connectivity index (χ3n) is 3.32.